The number of ether oxygens (including phenoxy) is 2. The fraction of sp³-hybridized carbons (Fsp3) is 0.778. The number of likely N-dealkylation sites (tertiary alicyclic amines) is 1. The van der Waals surface area contributed by atoms with Gasteiger partial charge in [0.25, 0.3) is 5.95 Å². The van der Waals surface area contributed by atoms with Crippen LogP contribution in [-0.2, 0) is 4.74 Å². The van der Waals surface area contributed by atoms with Gasteiger partial charge in [0.2, 0.25) is 5.76 Å². The highest BCUT2D eigenvalue weighted by molar-refractivity contribution is 5.86. The first-order valence-corrected chi connectivity index (χ1v) is 13.5. The largest absolute Gasteiger partial charge is 0.465 e. The molecule has 0 aromatic carbocycles. The molecule has 1 aliphatic heterocycles. The van der Waals surface area contributed by atoms with Crippen LogP contribution in [0.25, 0.3) is 0 Å². The number of hydrogen-bond acceptors (Lipinski definition) is 5. The third-order valence-electron chi connectivity index (χ3n) is 6.65. The van der Waals surface area contributed by atoms with E-state index in [1.807, 2.05) is 0 Å². The molecule has 1 fully saturated rings. The van der Waals surface area contributed by atoms with Gasteiger partial charge in [-0.05, 0) is 38.7 Å². The Labute approximate surface area is 205 Å². The molecule has 0 spiro atoms. The van der Waals surface area contributed by atoms with Gasteiger partial charge in [0.1, 0.15) is 6.10 Å². The van der Waals surface area contributed by atoms with Gasteiger partial charge in [-0.15, -0.1) is 0 Å². The van der Waals surface area contributed by atoms with E-state index in [1.54, 1.807) is 19.1 Å². The van der Waals surface area contributed by atoms with Crippen LogP contribution in [0, 0.1) is 0 Å². The van der Waals surface area contributed by atoms with Crippen LogP contribution in [0.1, 0.15) is 121 Å². The number of unbranched alkanes of at least 4 members (excludes halogenated alkanes) is 11. The molecule has 0 saturated carbocycles. The zero-order chi connectivity index (χ0) is 24.6. The van der Waals surface area contributed by atoms with Gasteiger partial charge in [-0.2, -0.15) is 0 Å². The first-order valence-electron chi connectivity index (χ1n) is 13.5. The average molecular weight is 480 g/mol. The second kappa shape index (κ2) is 16.4. The normalized spacial score (nSPS) is 16.9. The number of carbonyl (C=O) groups is 2. The Hall–Kier alpha value is -2.18. The maximum Gasteiger partial charge on any atom is 0.407 e. The third-order valence-corrected chi connectivity index (χ3v) is 6.65. The molecule has 1 aromatic rings. The summed E-state index contributed by atoms with van der Waals surface area (Å²) in [5.74, 6) is -0.203. The number of carboxylic acid groups (broad SMARTS) is 1. The Balaban J connectivity index is 1.55. The van der Waals surface area contributed by atoms with Crippen molar-refractivity contribution >= 4 is 12.1 Å². The zero-order valence-corrected chi connectivity index (χ0v) is 21.3. The van der Waals surface area contributed by atoms with Crippen LogP contribution in [0.5, 0.6) is 5.95 Å². The molecule has 1 N–H and O–H groups in total. The van der Waals surface area contributed by atoms with Gasteiger partial charge in [0, 0.05) is 12.6 Å². The monoisotopic (exact) mass is 479 g/mol. The van der Waals surface area contributed by atoms with Gasteiger partial charge in [0.15, 0.2) is 0 Å². The third kappa shape index (κ3) is 10.4. The van der Waals surface area contributed by atoms with E-state index in [0.29, 0.717) is 25.5 Å². The minimum atomic E-state index is -0.973. The second-order valence-electron chi connectivity index (χ2n) is 9.51. The molecule has 1 aromatic heterocycles. The van der Waals surface area contributed by atoms with Crippen LogP contribution < -0.4 is 4.74 Å². The summed E-state index contributed by atoms with van der Waals surface area (Å²) in [6.07, 6.45) is 16.4. The first kappa shape index (κ1) is 28.1. The highest BCUT2D eigenvalue weighted by Crippen LogP contribution is 2.24. The molecular weight excluding hydrogens is 434 g/mol. The summed E-state index contributed by atoms with van der Waals surface area (Å²) in [5.41, 5.74) is 0. The Morgan fingerprint density at radius 2 is 1.62 bits per heavy atom. The molecule has 2 heterocycles. The van der Waals surface area contributed by atoms with E-state index < -0.39 is 18.2 Å². The summed E-state index contributed by atoms with van der Waals surface area (Å²) in [7, 11) is 0. The van der Waals surface area contributed by atoms with E-state index >= 15 is 0 Å². The highest BCUT2D eigenvalue weighted by Gasteiger charge is 2.33. The number of hydrogen-bond donors (Lipinski definition) is 1. The Bertz CT molecular complexity index is 703. The minimum absolute atomic E-state index is 0.0780. The lowest BCUT2D eigenvalue weighted by molar-refractivity contribution is -0.00471. The molecule has 2 rings (SSSR count). The number of rotatable bonds is 17. The summed E-state index contributed by atoms with van der Waals surface area (Å²) in [4.78, 5) is 25.3. The Morgan fingerprint density at radius 1 is 1.00 bits per heavy atom. The number of esters is 1. The van der Waals surface area contributed by atoms with Crippen molar-refractivity contribution in [1.29, 1.82) is 0 Å². The van der Waals surface area contributed by atoms with Gasteiger partial charge < -0.3 is 23.9 Å². The minimum Gasteiger partial charge on any atom is -0.465 e. The predicted molar refractivity (Wildman–Crippen MR) is 133 cm³/mol. The molecular formula is C27H45NO6. The Kier molecular flexibility index (Phi) is 13.6. The van der Waals surface area contributed by atoms with Crippen molar-refractivity contribution in [1.82, 2.24) is 4.90 Å². The molecule has 194 valence electrons. The number of nitrogens with zero attached hydrogens (tertiary/aromatic N) is 1. The Morgan fingerprint density at radius 3 is 2.24 bits per heavy atom. The van der Waals surface area contributed by atoms with E-state index in [4.69, 9.17) is 13.9 Å². The summed E-state index contributed by atoms with van der Waals surface area (Å²) >= 11 is 0. The molecule has 2 unspecified atom stereocenters. The molecule has 7 nitrogen and oxygen atoms in total. The fourth-order valence-electron chi connectivity index (χ4n) is 4.61. The van der Waals surface area contributed by atoms with Gasteiger partial charge in [-0.1, -0.05) is 77.6 Å². The summed E-state index contributed by atoms with van der Waals surface area (Å²) in [6, 6.07) is 2.85. The van der Waals surface area contributed by atoms with Crippen LogP contribution in [0.15, 0.2) is 16.5 Å². The number of furan rings is 1. The molecule has 1 saturated heterocycles. The lowest BCUT2D eigenvalue weighted by Crippen LogP contribution is -2.49. The number of piperidine rings is 1. The average Bonchev–Trinajstić information content (AvgIpc) is 3.31. The van der Waals surface area contributed by atoms with Crippen LogP contribution in [0.3, 0.4) is 0 Å². The van der Waals surface area contributed by atoms with Crippen LogP contribution in [0.4, 0.5) is 4.79 Å². The summed E-state index contributed by atoms with van der Waals surface area (Å²) in [5, 5.41) is 9.38. The molecule has 0 radical (unpaired) electrons. The summed E-state index contributed by atoms with van der Waals surface area (Å²) in [6.45, 7) is 5.02. The van der Waals surface area contributed by atoms with Crippen LogP contribution >= 0.6 is 0 Å². The van der Waals surface area contributed by atoms with Crippen molar-refractivity contribution in [3.05, 3.63) is 17.9 Å². The van der Waals surface area contributed by atoms with E-state index in [2.05, 4.69) is 6.92 Å². The van der Waals surface area contributed by atoms with Crippen molar-refractivity contribution in [3.8, 4) is 5.95 Å². The van der Waals surface area contributed by atoms with Crippen LogP contribution in [-0.4, -0.2) is 47.4 Å². The maximum absolute atomic E-state index is 12.4. The summed E-state index contributed by atoms with van der Waals surface area (Å²) < 4.78 is 16.6. The molecule has 1 aliphatic rings. The smallest absolute Gasteiger partial charge is 0.407 e. The lowest BCUT2D eigenvalue weighted by Gasteiger charge is -2.36. The van der Waals surface area contributed by atoms with Crippen molar-refractivity contribution in [2.45, 2.75) is 122 Å². The SMILES string of the molecule is CCCCCCCCCCCCCCOc1ccc(C(=O)OC(C)C2CCCCN2C(=O)O)o1. The van der Waals surface area contributed by atoms with Crippen molar-refractivity contribution < 1.29 is 28.6 Å². The topological polar surface area (TPSA) is 89.2 Å². The lowest BCUT2D eigenvalue weighted by atomic mass is 9.98. The number of amides is 1. The van der Waals surface area contributed by atoms with Crippen molar-refractivity contribution in [2.75, 3.05) is 13.2 Å². The van der Waals surface area contributed by atoms with E-state index in [9.17, 15) is 14.7 Å². The predicted octanol–water partition coefficient (Wildman–Crippen LogP) is 7.44. The van der Waals surface area contributed by atoms with Crippen molar-refractivity contribution in [3.63, 3.8) is 0 Å². The fourth-order valence-corrected chi connectivity index (χ4v) is 4.61. The molecule has 1 amide bonds. The van der Waals surface area contributed by atoms with Gasteiger partial charge in [-0.25, -0.2) is 9.59 Å². The quantitative estimate of drug-likeness (QED) is 0.184. The number of carbonyl (C=O) groups excluding carboxylic acids is 1. The van der Waals surface area contributed by atoms with E-state index in [1.165, 1.54) is 69.1 Å². The second-order valence-corrected chi connectivity index (χ2v) is 9.51. The molecule has 0 bridgehead atoms. The van der Waals surface area contributed by atoms with Crippen LogP contribution in [0.2, 0.25) is 0 Å². The maximum atomic E-state index is 12.4. The highest BCUT2D eigenvalue weighted by atomic mass is 16.6. The van der Waals surface area contributed by atoms with Gasteiger partial charge in [-0.3, -0.25) is 0 Å². The standard InChI is InChI=1S/C27H45NO6/c1-3-4-5-6-7-8-9-10-11-12-13-16-21-32-25-19-18-24(34-25)26(29)33-22(2)23-17-14-15-20-28(23)27(30)31/h18-19,22-23H,3-17,20-21H2,1-2H3,(H,30,31). The zero-order valence-electron chi connectivity index (χ0n) is 21.3. The van der Waals surface area contributed by atoms with Gasteiger partial charge >= 0.3 is 12.1 Å². The van der Waals surface area contributed by atoms with E-state index in [0.717, 1.165) is 25.7 Å². The van der Waals surface area contributed by atoms with Gasteiger partial charge in [0.05, 0.1) is 12.6 Å². The molecule has 34 heavy (non-hydrogen) atoms. The molecule has 7 heteroatoms. The molecule has 2 atom stereocenters. The van der Waals surface area contributed by atoms with E-state index in [-0.39, 0.29) is 11.8 Å². The van der Waals surface area contributed by atoms with Crippen molar-refractivity contribution in [2.24, 2.45) is 0 Å². The first-order chi connectivity index (χ1) is 16.5. The molecule has 0 aliphatic carbocycles.